The molecule has 2 aromatic carbocycles. The molecule has 6 nitrogen and oxygen atoms in total. The maximum absolute atomic E-state index is 9.50. The number of hydrogen-bond acceptors (Lipinski definition) is 5. The van der Waals surface area contributed by atoms with E-state index >= 15 is 0 Å². The highest BCUT2D eigenvalue weighted by Crippen LogP contribution is 2.30. The topological polar surface area (TPSA) is 75.9 Å². The van der Waals surface area contributed by atoms with Crippen molar-refractivity contribution in [2.45, 2.75) is 13.8 Å². The van der Waals surface area contributed by atoms with E-state index < -0.39 is 0 Å². The summed E-state index contributed by atoms with van der Waals surface area (Å²) in [6, 6.07) is 12.0. The molecule has 136 valence electrons. The summed E-state index contributed by atoms with van der Waals surface area (Å²) in [7, 11) is 0. The Morgan fingerprint density at radius 3 is 2.15 bits per heavy atom. The lowest BCUT2D eigenvalue weighted by atomic mass is 10.3. The molecule has 2 aromatic heterocycles. The minimum atomic E-state index is 0.185. The van der Waals surface area contributed by atoms with Gasteiger partial charge in [-0.15, -0.1) is 0 Å². The molecule has 0 bridgehead atoms. The molecule has 0 atom stereocenters. The standard InChI is InChI=1S/C19H15Cl2N5O/c1-10-7-11(2)26(25-10)19-18(22-12-3-5-13(27)6-4-12)23-16-8-14(20)15(21)9-17(16)24-19/h3-9,27H,1-2H3,(H,22,23). The van der Waals surface area contributed by atoms with Gasteiger partial charge in [0.25, 0.3) is 0 Å². The van der Waals surface area contributed by atoms with Gasteiger partial charge in [-0.25, -0.2) is 14.6 Å². The van der Waals surface area contributed by atoms with E-state index in [1.165, 1.54) is 0 Å². The van der Waals surface area contributed by atoms with Crippen molar-refractivity contribution in [3.63, 3.8) is 0 Å². The molecular weight excluding hydrogens is 385 g/mol. The number of nitrogens with zero attached hydrogens (tertiary/aromatic N) is 4. The zero-order valence-electron chi connectivity index (χ0n) is 14.5. The largest absolute Gasteiger partial charge is 0.508 e. The molecule has 0 saturated heterocycles. The second-order valence-electron chi connectivity index (χ2n) is 6.16. The third-order valence-electron chi connectivity index (χ3n) is 4.03. The summed E-state index contributed by atoms with van der Waals surface area (Å²) in [6.07, 6.45) is 0. The molecule has 0 aliphatic rings. The Bertz CT molecular complexity index is 1160. The van der Waals surface area contributed by atoms with Crippen LogP contribution in [0.4, 0.5) is 11.5 Å². The lowest BCUT2D eigenvalue weighted by Crippen LogP contribution is -2.08. The first kappa shape index (κ1) is 17.6. The molecule has 0 radical (unpaired) electrons. The summed E-state index contributed by atoms with van der Waals surface area (Å²) in [5.41, 5.74) is 3.78. The highest BCUT2D eigenvalue weighted by atomic mass is 35.5. The van der Waals surface area contributed by atoms with Gasteiger partial charge >= 0.3 is 0 Å². The van der Waals surface area contributed by atoms with E-state index in [1.54, 1.807) is 41.1 Å². The quantitative estimate of drug-likeness (QED) is 0.463. The van der Waals surface area contributed by atoms with Gasteiger partial charge in [-0.1, -0.05) is 23.2 Å². The third-order valence-corrected chi connectivity index (χ3v) is 4.75. The zero-order chi connectivity index (χ0) is 19.1. The minimum Gasteiger partial charge on any atom is -0.508 e. The van der Waals surface area contributed by atoms with Gasteiger partial charge in [0.05, 0.1) is 26.8 Å². The Morgan fingerprint density at radius 2 is 1.56 bits per heavy atom. The van der Waals surface area contributed by atoms with Crippen LogP contribution in [0.1, 0.15) is 11.4 Å². The van der Waals surface area contributed by atoms with Crippen LogP contribution in [0.2, 0.25) is 10.0 Å². The van der Waals surface area contributed by atoms with E-state index in [-0.39, 0.29) is 5.75 Å². The molecule has 2 N–H and O–H groups in total. The normalized spacial score (nSPS) is 11.1. The number of anilines is 2. The first-order valence-electron chi connectivity index (χ1n) is 8.17. The summed E-state index contributed by atoms with van der Waals surface area (Å²) >= 11 is 12.3. The van der Waals surface area contributed by atoms with Crippen LogP contribution in [0, 0.1) is 13.8 Å². The average Bonchev–Trinajstić information content (AvgIpc) is 2.96. The van der Waals surface area contributed by atoms with Crippen molar-refractivity contribution in [2.24, 2.45) is 0 Å². The van der Waals surface area contributed by atoms with Gasteiger partial charge in [0.15, 0.2) is 11.6 Å². The van der Waals surface area contributed by atoms with Crippen LogP contribution in [-0.4, -0.2) is 24.9 Å². The number of fused-ring (bicyclic) bond motifs is 1. The van der Waals surface area contributed by atoms with Crippen molar-refractivity contribution < 1.29 is 5.11 Å². The molecule has 2 heterocycles. The zero-order valence-corrected chi connectivity index (χ0v) is 16.0. The average molecular weight is 400 g/mol. The van der Waals surface area contributed by atoms with Crippen molar-refractivity contribution in [2.75, 3.05) is 5.32 Å². The highest BCUT2D eigenvalue weighted by Gasteiger charge is 2.16. The lowest BCUT2D eigenvalue weighted by molar-refractivity contribution is 0.475. The summed E-state index contributed by atoms with van der Waals surface area (Å²) in [5.74, 6) is 1.24. The molecule has 27 heavy (non-hydrogen) atoms. The number of aryl methyl sites for hydroxylation is 2. The number of benzene rings is 2. The summed E-state index contributed by atoms with van der Waals surface area (Å²) in [6.45, 7) is 3.87. The molecule has 0 unspecified atom stereocenters. The summed E-state index contributed by atoms with van der Waals surface area (Å²) in [4.78, 5) is 9.40. The van der Waals surface area contributed by atoms with E-state index in [0.29, 0.717) is 32.7 Å². The molecule has 0 fully saturated rings. The van der Waals surface area contributed by atoms with Gasteiger partial charge in [0.2, 0.25) is 0 Å². The van der Waals surface area contributed by atoms with Crippen molar-refractivity contribution in [1.29, 1.82) is 0 Å². The van der Waals surface area contributed by atoms with Gasteiger partial charge < -0.3 is 10.4 Å². The summed E-state index contributed by atoms with van der Waals surface area (Å²) in [5, 5.41) is 18.1. The second kappa shape index (κ2) is 6.72. The maximum atomic E-state index is 9.50. The van der Waals surface area contributed by atoms with Gasteiger partial charge in [-0.2, -0.15) is 5.10 Å². The Kier molecular flexibility index (Phi) is 4.37. The number of aromatic hydroxyl groups is 1. The molecule has 8 heteroatoms. The van der Waals surface area contributed by atoms with Crippen LogP contribution in [0.3, 0.4) is 0 Å². The lowest BCUT2D eigenvalue weighted by Gasteiger charge is -2.13. The van der Waals surface area contributed by atoms with E-state index in [2.05, 4.69) is 15.4 Å². The van der Waals surface area contributed by atoms with Gasteiger partial charge in [0.1, 0.15) is 5.75 Å². The molecule has 4 rings (SSSR count). The highest BCUT2D eigenvalue weighted by molar-refractivity contribution is 6.42. The number of halogens is 2. The van der Waals surface area contributed by atoms with E-state index in [0.717, 1.165) is 17.1 Å². The summed E-state index contributed by atoms with van der Waals surface area (Å²) < 4.78 is 1.73. The van der Waals surface area contributed by atoms with Crippen molar-refractivity contribution in [1.82, 2.24) is 19.7 Å². The number of aromatic nitrogens is 4. The number of phenols is 1. The first-order valence-corrected chi connectivity index (χ1v) is 8.93. The SMILES string of the molecule is Cc1cc(C)n(-c2nc3cc(Cl)c(Cl)cc3nc2Nc2ccc(O)cc2)n1. The predicted molar refractivity (Wildman–Crippen MR) is 108 cm³/mol. The van der Waals surface area contributed by atoms with Gasteiger partial charge in [-0.05, 0) is 56.3 Å². The molecular formula is C19H15Cl2N5O. The molecule has 0 saturated carbocycles. The van der Waals surface area contributed by atoms with Crippen LogP contribution in [0.25, 0.3) is 16.9 Å². The van der Waals surface area contributed by atoms with Crippen molar-refractivity contribution in [3.05, 3.63) is 63.9 Å². The second-order valence-corrected chi connectivity index (χ2v) is 6.98. The molecule has 4 aromatic rings. The van der Waals surface area contributed by atoms with Gasteiger partial charge in [0, 0.05) is 11.4 Å². The van der Waals surface area contributed by atoms with Crippen LogP contribution in [-0.2, 0) is 0 Å². The predicted octanol–water partition coefficient (Wildman–Crippen LogP) is 5.19. The molecule has 0 aliphatic heterocycles. The smallest absolute Gasteiger partial charge is 0.197 e. The minimum absolute atomic E-state index is 0.185. The van der Waals surface area contributed by atoms with Gasteiger partial charge in [-0.3, -0.25) is 0 Å². The fraction of sp³-hybridized carbons (Fsp3) is 0.105. The van der Waals surface area contributed by atoms with Crippen molar-refractivity contribution >= 4 is 45.7 Å². The molecule has 0 amide bonds. The van der Waals surface area contributed by atoms with Crippen LogP contribution < -0.4 is 5.32 Å². The Hall–Kier alpha value is -2.83. The Balaban J connectivity index is 1.93. The third kappa shape index (κ3) is 3.41. The van der Waals surface area contributed by atoms with Crippen molar-refractivity contribution in [3.8, 4) is 11.6 Å². The van der Waals surface area contributed by atoms with E-state index in [9.17, 15) is 5.11 Å². The first-order chi connectivity index (χ1) is 12.9. The van der Waals surface area contributed by atoms with E-state index in [1.807, 2.05) is 19.9 Å². The number of nitrogens with one attached hydrogen (secondary N) is 1. The Labute approximate surface area is 165 Å². The fourth-order valence-corrected chi connectivity index (χ4v) is 3.11. The monoisotopic (exact) mass is 399 g/mol. The van der Waals surface area contributed by atoms with Crippen LogP contribution in [0.5, 0.6) is 5.75 Å². The van der Waals surface area contributed by atoms with Crippen LogP contribution >= 0.6 is 23.2 Å². The molecule has 0 spiro atoms. The molecule has 0 aliphatic carbocycles. The van der Waals surface area contributed by atoms with Crippen LogP contribution in [0.15, 0.2) is 42.5 Å². The van der Waals surface area contributed by atoms with E-state index in [4.69, 9.17) is 28.2 Å². The number of phenolic OH excluding ortho intramolecular Hbond substituents is 1. The Morgan fingerprint density at radius 1 is 0.926 bits per heavy atom. The maximum Gasteiger partial charge on any atom is 0.197 e. The number of hydrogen-bond donors (Lipinski definition) is 2. The fourth-order valence-electron chi connectivity index (χ4n) is 2.80. The number of rotatable bonds is 3.